The van der Waals surface area contributed by atoms with Crippen molar-refractivity contribution in [2.75, 3.05) is 32.8 Å². The minimum absolute atomic E-state index is 0.0480. The van der Waals surface area contributed by atoms with E-state index in [0.29, 0.717) is 26.2 Å². The lowest BCUT2D eigenvalue weighted by molar-refractivity contribution is -0.126. The number of morpholine rings is 1. The molecule has 98 valence electrons. The molecule has 1 aliphatic rings. The van der Waals surface area contributed by atoms with E-state index >= 15 is 0 Å². The van der Waals surface area contributed by atoms with Crippen molar-refractivity contribution in [3.63, 3.8) is 0 Å². The summed E-state index contributed by atoms with van der Waals surface area (Å²) in [6, 6.07) is 0.0578. The van der Waals surface area contributed by atoms with E-state index < -0.39 is 0 Å². The number of amides is 2. The zero-order chi connectivity index (χ0) is 12.5. The fourth-order valence-electron chi connectivity index (χ4n) is 1.55. The Morgan fingerprint density at radius 2 is 2.18 bits per heavy atom. The van der Waals surface area contributed by atoms with Gasteiger partial charge in [-0.25, -0.2) is 0 Å². The molecule has 1 aliphatic heterocycles. The number of rotatable bonds is 6. The summed E-state index contributed by atoms with van der Waals surface area (Å²) in [5, 5.41) is 8.47. The van der Waals surface area contributed by atoms with Crippen LogP contribution >= 0.6 is 0 Å². The van der Waals surface area contributed by atoms with Gasteiger partial charge in [0.1, 0.15) is 0 Å². The Hall–Kier alpha value is -1.14. The van der Waals surface area contributed by atoms with Gasteiger partial charge in [-0.05, 0) is 6.42 Å². The van der Waals surface area contributed by atoms with Crippen LogP contribution in [0.4, 0.5) is 0 Å². The molecule has 1 unspecified atom stereocenters. The van der Waals surface area contributed by atoms with Gasteiger partial charge in [0.25, 0.3) is 0 Å². The Kier molecular flexibility index (Phi) is 6.57. The number of hydrogen-bond donors (Lipinski definition) is 3. The minimum atomic E-state index is -0.145. The van der Waals surface area contributed by atoms with E-state index in [9.17, 15) is 9.59 Å². The molecule has 0 saturated carbocycles. The lowest BCUT2D eigenvalue weighted by Gasteiger charge is -2.23. The van der Waals surface area contributed by atoms with Crippen molar-refractivity contribution < 1.29 is 14.3 Å². The van der Waals surface area contributed by atoms with Crippen LogP contribution in [0.1, 0.15) is 19.8 Å². The lowest BCUT2D eigenvalue weighted by Crippen LogP contribution is -2.45. The van der Waals surface area contributed by atoms with E-state index in [1.165, 1.54) is 0 Å². The molecule has 0 aromatic carbocycles. The quantitative estimate of drug-likeness (QED) is 0.559. The Bertz CT molecular complexity index is 252. The zero-order valence-electron chi connectivity index (χ0n) is 10.3. The van der Waals surface area contributed by atoms with Crippen LogP contribution in [0.15, 0.2) is 0 Å². The Morgan fingerprint density at radius 1 is 1.35 bits per heavy atom. The van der Waals surface area contributed by atoms with Crippen LogP contribution in [-0.4, -0.2) is 50.7 Å². The van der Waals surface area contributed by atoms with Gasteiger partial charge in [-0.15, -0.1) is 0 Å². The van der Waals surface area contributed by atoms with Gasteiger partial charge in [-0.3, -0.25) is 9.59 Å². The standard InChI is InChI=1S/C11H21N3O3/c1-2-3-13-11(16)7-14-10(15)6-9-8-17-5-4-12-9/h9,12H,2-8H2,1H3,(H,13,16)(H,14,15). The minimum Gasteiger partial charge on any atom is -0.378 e. The fraction of sp³-hybridized carbons (Fsp3) is 0.818. The number of carbonyl (C=O) groups excluding carboxylic acids is 2. The van der Waals surface area contributed by atoms with Crippen LogP contribution in [0.5, 0.6) is 0 Å². The smallest absolute Gasteiger partial charge is 0.239 e. The van der Waals surface area contributed by atoms with E-state index in [1.807, 2.05) is 6.92 Å². The molecule has 0 aromatic heterocycles. The highest BCUT2D eigenvalue weighted by molar-refractivity contribution is 5.84. The van der Waals surface area contributed by atoms with E-state index in [1.54, 1.807) is 0 Å². The molecule has 1 saturated heterocycles. The van der Waals surface area contributed by atoms with Gasteiger partial charge in [0, 0.05) is 25.6 Å². The summed E-state index contributed by atoms with van der Waals surface area (Å²) in [6.07, 6.45) is 1.24. The second-order valence-corrected chi connectivity index (χ2v) is 4.06. The highest BCUT2D eigenvalue weighted by Gasteiger charge is 2.16. The molecule has 1 atom stereocenters. The predicted octanol–water partition coefficient (Wildman–Crippen LogP) is -0.993. The molecule has 0 bridgehead atoms. The fourth-order valence-corrected chi connectivity index (χ4v) is 1.55. The van der Waals surface area contributed by atoms with Crippen molar-refractivity contribution in [2.45, 2.75) is 25.8 Å². The normalized spacial score (nSPS) is 19.7. The topological polar surface area (TPSA) is 79.5 Å². The summed E-state index contributed by atoms with van der Waals surface area (Å²) in [6.45, 7) is 4.69. The third kappa shape index (κ3) is 6.23. The SMILES string of the molecule is CCCNC(=O)CNC(=O)CC1COCCN1. The average Bonchev–Trinajstić information content (AvgIpc) is 2.35. The molecule has 0 aliphatic carbocycles. The van der Waals surface area contributed by atoms with Crippen LogP contribution in [-0.2, 0) is 14.3 Å². The molecule has 17 heavy (non-hydrogen) atoms. The largest absolute Gasteiger partial charge is 0.378 e. The van der Waals surface area contributed by atoms with Crippen LogP contribution in [0, 0.1) is 0 Å². The van der Waals surface area contributed by atoms with E-state index in [-0.39, 0.29) is 24.4 Å². The molecule has 0 aromatic rings. The highest BCUT2D eigenvalue weighted by Crippen LogP contribution is 1.97. The van der Waals surface area contributed by atoms with Gasteiger partial charge < -0.3 is 20.7 Å². The van der Waals surface area contributed by atoms with Gasteiger partial charge in [-0.1, -0.05) is 6.92 Å². The Balaban J connectivity index is 2.09. The molecule has 0 spiro atoms. The Labute approximate surface area is 101 Å². The van der Waals surface area contributed by atoms with Crippen LogP contribution in [0.25, 0.3) is 0 Å². The van der Waals surface area contributed by atoms with Crippen LogP contribution in [0.3, 0.4) is 0 Å². The summed E-state index contributed by atoms with van der Waals surface area (Å²) >= 11 is 0. The molecule has 6 nitrogen and oxygen atoms in total. The Morgan fingerprint density at radius 3 is 2.82 bits per heavy atom. The van der Waals surface area contributed by atoms with Crippen molar-refractivity contribution in [1.29, 1.82) is 0 Å². The molecule has 1 fully saturated rings. The lowest BCUT2D eigenvalue weighted by atomic mass is 10.2. The van der Waals surface area contributed by atoms with Crippen molar-refractivity contribution in [1.82, 2.24) is 16.0 Å². The summed E-state index contributed by atoms with van der Waals surface area (Å²) < 4.78 is 5.24. The maximum Gasteiger partial charge on any atom is 0.239 e. The molecule has 6 heteroatoms. The van der Waals surface area contributed by atoms with Crippen molar-refractivity contribution in [3.8, 4) is 0 Å². The molecule has 2 amide bonds. The van der Waals surface area contributed by atoms with Crippen molar-refractivity contribution in [2.24, 2.45) is 0 Å². The number of nitrogens with one attached hydrogen (secondary N) is 3. The monoisotopic (exact) mass is 243 g/mol. The van der Waals surface area contributed by atoms with Crippen LogP contribution < -0.4 is 16.0 Å². The molecule has 0 radical (unpaired) electrons. The van der Waals surface area contributed by atoms with Gasteiger partial charge in [0.15, 0.2) is 0 Å². The first kappa shape index (κ1) is 13.9. The van der Waals surface area contributed by atoms with Gasteiger partial charge in [0.2, 0.25) is 11.8 Å². The van der Waals surface area contributed by atoms with Gasteiger partial charge in [0.05, 0.1) is 19.8 Å². The molecular weight excluding hydrogens is 222 g/mol. The van der Waals surface area contributed by atoms with Crippen molar-refractivity contribution in [3.05, 3.63) is 0 Å². The maximum atomic E-state index is 11.5. The van der Waals surface area contributed by atoms with Crippen LogP contribution in [0.2, 0.25) is 0 Å². The number of hydrogen-bond acceptors (Lipinski definition) is 4. The van der Waals surface area contributed by atoms with Gasteiger partial charge in [-0.2, -0.15) is 0 Å². The highest BCUT2D eigenvalue weighted by atomic mass is 16.5. The summed E-state index contributed by atoms with van der Waals surface area (Å²) in [5.41, 5.74) is 0. The summed E-state index contributed by atoms with van der Waals surface area (Å²) in [7, 11) is 0. The third-order valence-electron chi connectivity index (χ3n) is 2.45. The summed E-state index contributed by atoms with van der Waals surface area (Å²) in [5.74, 6) is -0.271. The molecule has 1 heterocycles. The second-order valence-electron chi connectivity index (χ2n) is 4.06. The van der Waals surface area contributed by atoms with E-state index in [4.69, 9.17) is 4.74 Å². The van der Waals surface area contributed by atoms with Crippen molar-refractivity contribution >= 4 is 11.8 Å². The molecular formula is C11H21N3O3. The van der Waals surface area contributed by atoms with Gasteiger partial charge >= 0.3 is 0 Å². The second kappa shape index (κ2) is 8.03. The zero-order valence-corrected chi connectivity index (χ0v) is 10.3. The average molecular weight is 243 g/mol. The number of ether oxygens (including phenoxy) is 1. The third-order valence-corrected chi connectivity index (χ3v) is 2.45. The number of carbonyl (C=O) groups is 2. The molecule has 1 rings (SSSR count). The first-order valence-corrected chi connectivity index (χ1v) is 6.07. The molecule has 3 N–H and O–H groups in total. The van der Waals surface area contributed by atoms with E-state index in [0.717, 1.165) is 13.0 Å². The maximum absolute atomic E-state index is 11.5. The first-order valence-electron chi connectivity index (χ1n) is 6.07. The van der Waals surface area contributed by atoms with E-state index in [2.05, 4.69) is 16.0 Å². The predicted molar refractivity (Wildman–Crippen MR) is 63.5 cm³/mol. The first-order chi connectivity index (χ1) is 8.22. The summed E-state index contributed by atoms with van der Waals surface area (Å²) in [4.78, 5) is 22.7.